The van der Waals surface area contributed by atoms with Gasteiger partial charge >= 0.3 is 6.01 Å². The van der Waals surface area contributed by atoms with Gasteiger partial charge in [-0.3, -0.25) is 0 Å². The maximum Gasteiger partial charge on any atom is 0.321 e. The molecule has 0 bridgehead atoms. The Morgan fingerprint density at radius 1 is 1.06 bits per heavy atom. The largest absolute Gasteiger partial charge is 0.424 e. The highest BCUT2D eigenvalue weighted by atomic mass is 35.5. The molecule has 0 saturated carbocycles. The third kappa shape index (κ3) is 3.22. The van der Waals surface area contributed by atoms with Crippen LogP contribution >= 0.6 is 34.8 Å². The molecule has 0 spiro atoms. The second kappa shape index (κ2) is 5.54. The summed E-state index contributed by atoms with van der Waals surface area (Å²) < 4.78 is 5.41. The van der Waals surface area contributed by atoms with E-state index in [1.54, 1.807) is 30.6 Å². The number of halogens is 3. The molecule has 1 aromatic carbocycles. The number of benzene rings is 1. The molecule has 0 aliphatic rings. The van der Waals surface area contributed by atoms with Crippen LogP contribution in [0.5, 0.6) is 11.8 Å². The van der Waals surface area contributed by atoms with Crippen molar-refractivity contribution >= 4 is 34.8 Å². The number of hydrogen-bond donors (Lipinski definition) is 0. The zero-order valence-electron chi connectivity index (χ0n) is 8.53. The summed E-state index contributed by atoms with van der Waals surface area (Å²) in [5, 5.41) is 0.888. The molecule has 2 aromatic rings. The minimum atomic E-state index is 0.234. The van der Waals surface area contributed by atoms with Gasteiger partial charge in [0.1, 0.15) is 5.75 Å². The van der Waals surface area contributed by atoms with Crippen molar-refractivity contribution in [2.75, 3.05) is 0 Å². The number of alkyl halides is 1. The molecule has 3 nitrogen and oxygen atoms in total. The Morgan fingerprint density at radius 3 is 2.35 bits per heavy atom. The molecule has 0 aliphatic heterocycles. The van der Waals surface area contributed by atoms with Gasteiger partial charge in [-0.1, -0.05) is 23.2 Å². The SMILES string of the molecule is ClCc1cnc(Oc2ccc(Cl)c(Cl)c2)nc1. The van der Waals surface area contributed by atoms with E-state index in [2.05, 4.69) is 9.97 Å². The molecule has 1 aromatic heterocycles. The van der Waals surface area contributed by atoms with Crippen LogP contribution in [0.4, 0.5) is 0 Å². The van der Waals surface area contributed by atoms with Crippen LogP contribution in [0.3, 0.4) is 0 Å². The third-order valence-electron chi connectivity index (χ3n) is 1.94. The van der Waals surface area contributed by atoms with E-state index in [0.717, 1.165) is 5.56 Å². The van der Waals surface area contributed by atoms with Gasteiger partial charge in [0.2, 0.25) is 0 Å². The summed E-state index contributed by atoms with van der Waals surface area (Å²) in [4.78, 5) is 8.01. The van der Waals surface area contributed by atoms with Crippen molar-refractivity contribution in [1.82, 2.24) is 9.97 Å². The summed E-state index contributed by atoms with van der Waals surface area (Å²) in [5.74, 6) is 0.894. The maximum absolute atomic E-state index is 5.86. The summed E-state index contributed by atoms with van der Waals surface area (Å²) >= 11 is 17.3. The van der Waals surface area contributed by atoms with Crippen LogP contribution < -0.4 is 4.74 Å². The Balaban J connectivity index is 2.16. The molecule has 17 heavy (non-hydrogen) atoms. The second-order valence-electron chi connectivity index (χ2n) is 3.19. The smallest absolute Gasteiger partial charge is 0.321 e. The first-order chi connectivity index (χ1) is 8.19. The summed E-state index contributed by atoms with van der Waals surface area (Å²) in [6, 6.07) is 5.17. The Kier molecular flexibility index (Phi) is 4.05. The number of aromatic nitrogens is 2. The zero-order chi connectivity index (χ0) is 12.3. The molecule has 6 heteroatoms. The third-order valence-corrected chi connectivity index (χ3v) is 2.98. The van der Waals surface area contributed by atoms with E-state index in [1.807, 2.05) is 0 Å². The molecule has 0 radical (unpaired) electrons. The van der Waals surface area contributed by atoms with Gasteiger partial charge in [-0.25, -0.2) is 9.97 Å². The van der Waals surface area contributed by atoms with Crippen LogP contribution in [0, 0.1) is 0 Å². The first-order valence-electron chi connectivity index (χ1n) is 4.69. The monoisotopic (exact) mass is 288 g/mol. The van der Waals surface area contributed by atoms with Gasteiger partial charge in [-0.15, -0.1) is 11.6 Å². The van der Waals surface area contributed by atoms with E-state index in [9.17, 15) is 0 Å². The van der Waals surface area contributed by atoms with E-state index in [-0.39, 0.29) is 6.01 Å². The van der Waals surface area contributed by atoms with Crippen LogP contribution in [0.1, 0.15) is 5.56 Å². The van der Waals surface area contributed by atoms with Crippen LogP contribution in [0.25, 0.3) is 0 Å². The molecule has 88 valence electrons. The lowest BCUT2D eigenvalue weighted by atomic mass is 10.3. The van der Waals surface area contributed by atoms with Gasteiger partial charge < -0.3 is 4.74 Å². The van der Waals surface area contributed by atoms with Gasteiger partial charge in [0.25, 0.3) is 0 Å². The number of hydrogen-bond acceptors (Lipinski definition) is 3. The zero-order valence-corrected chi connectivity index (χ0v) is 10.8. The molecule has 0 aliphatic carbocycles. The van der Waals surface area contributed by atoms with Gasteiger partial charge in [-0.05, 0) is 12.1 Å². The summed E-state index contributed by atoms with van der Waals surface area (Å²) in [5.41, 5.74) is 0.827. The minimum absolute atomic E-state index is 0.234. The van der Waals surface area contributed by atoms with E-state index >= 15 is 0 Å². The number of ether oxygens (including phenoxy) is 1. The number of rotatable bonds is 3. The fourth-order valence-corrected chi connectivity index (χ4v) is 1.54. The lowest BCUT2D eigenvalue weighted by Crippen LogP contribution is -1.92. The standard InChI is InChI=1S/C11H7Cl3N2O/c12-4-7-5-15-11(16-6-7)17-8-1-2-9(13)10(14)3-8/h1-3,5-6H,4H2. The lowest BCUT2D eigenvalue weighted by molar-refractivity contribution is 0.441. The Labute approximate surface area is 113 Å². The highest BCUT2D eigenvalue weighted by Crippen LogP contribution is 2.28. The van der Waals surface area contributed by atoms with Crippen molar-refractivity contribution in [2.45, 2.75) is 5.88 Å². The van der Waals surface area contributed by atoms with Gasteiger partial charge in [-0.2, -0.15) is 0 Å². The Morgan fingerprint density at radius 2 is 1.76 bits per heavy atom. The van der Waals surface area contributed by atoms with Crippen LogP contribution in [0.15, 0.2) is 30.6 Å². The first kappa shape index (κ1) is 12.4. The van der Waals surface area contributed by atoms with Crippen molar-refractivity contribution in [3.05, 3.63) is 46.2 Å². The van der Waals surface area contributed by atoms with Gasteiger partial charge in [0.05, 0.1) is 15.9 Å². The van der Waals surface area contributed by atoms with Crippen molar-refractivity contribution in [2.24, 2.45) is 0 Å². The Hall–Kier alpha value is -1.03. The van der Waals surface area contributed by atoms with E-state index < -0.39 is 0 Å². The van der Waals surface area contributed by atoms with Gasteiger partial charge in [0, 0.05) is 24.0 Å². The van der Waals surface area contributed by atoms with Gasteiger partial charge in [0.15, 0.2) is 0 Å². The van der Waals surface area contributed by atoms with E-state index in [4.69, 9.17) is 39.5 Å². The second-order valence-corrected chi connectivity index (χ2v) is 4.27. The van der Waals surface area contributed by atoms with Crippen LogP contribution in [-0.2, 0) is 5.88 Å². The highest BCUT2D eigenvalue weighted by Gasteiger charge is 2.03. The fraction of sp³-hybridized carbons (Fsp3) is 0.0909. The Bertz CT molecular complexity index is 517. The van der Waals surface area contributed by atoms with Crippen molar-refractivity contribution in [3.63, 3.8) is 0 Å². The molecule has 0 atom stereocenters. The molecule has 0 saturated heterocycles. The number of nitrogens with zero attached hydrogens (tertiary/aromatic N) is 2. The van der Waals surface area contributed by atoms with E-state index in [1.165, 1.54) is 0 Å². The minimum Gasteiger partial charge on any atom is -0.424 e. The van der Waals surface area contributed by atoms with Crippen molar-refractivity contribution in [3.8, 4) is 11.8 Å². The maximum atomic E-state index is 5.86. The molecular weight excluding hydrogens is 282 g/mol. The highest BCUT2D eigenvalue weighted by molar-refractivity contribution is 6.42. The predicted molar refractivity (Wildman–Crippen MR) is 68.1 cm³/mol. The average Bonchev–Trinajstić information content (AvgIpc) is 2.35. The predicted octanol–water partition coefficient (Wildman–Crippen LogP) is 4.31. The van der Waals surface area contributed by atoms with Crippen LogP contribution in [0.2, 0.25) is 10.0 Å². The van der Waals surface area contributed by atoms with Crippen molar-refractivity contribution in [1.29, 1.82) is 0 Å². The lowest BCUT2D eigenvalue weighted by Gasteiger charge is -2.04. The average molecular weight is 290 g/mol. The molecule has 0 amide bonds. The first-order valence-corrected chi connectivity index (χ1v) is 5.98. The molecule has 2 rings (SSSR count). The van der Waals surface area contributed by atoms with E-state index in [0.29, 0.717) is 21.7 Å². The topological polar surface area (TPSA) is 35.0 Å². The summed E-state index contributed by atoms with van der Waals surface area (Å²) in [6.07, 6.45) is 3.21. The molecular formula is C11H7Cl3N2O. The molecule has 0 N–H and O–H groups in total. The summed E-state index contributed by atoms with van der Waals surface area (Å²) in [6.45, 7) is 0. The van der Waals surface area contributed by atoms with Crippen molar-refractivity contribution < 1.29 is 4.74 Å². The molecule has 0 fully saturated rings. The molecule has 1 heterocycles. The normalized spacial score (nSPS) is 10.3. The molecule has 0 unspecified atom stereocenters. The van der Waals surface area contributed by atoms with Crippen LogP contribution in [-0.4, -0.2) is 9.97 Å². The summed E-state index contributed by atoms with van der Waals surface area (Å²) in [7, 11) is 0. The fourth-order valence-electron chi connectivity index (χ4n) is 1.11. The quantitative estimate of drug-likeness (QED) is 0.790.